The summed E-state index contributed by atoms with van der Waals surface area (Å²) < 4.78 is 40.3. The number of thiophene rings is 1. The van der Waals surface area contributed by atoms with Crippen LogP contribution < -0.4 is 11.1 Å². The zero-order valence-electron chi connectivity index (χ0n) is 15.0. The van der Waals surface area contributed by atoms with Gasteiger partial charge in [0.2, 0.25) is 0 Å². The number of halogens is 3. The number of aromatic nitrogens is 2. The maximum absolute atomic E-state index is 12.9. The van der Waals surface area contributed by atoms with Crippen LogP contribution in [0, 0.1) is 0 Å². The molecule has 0 saturated heterocycles. The van der Waals surface area contributed by atoms with Gasteiger partial charge in [0.05, 0.1) is 21.0 Å². The highest BCUT2D eigenvalue weighted by Gasteiger charge is 2.30. The summed E-state index contributed by atoms with van der Waals surface area (Å²) in [4.78, 5) is 13.9. The lowest BCUT2D eigenvalue weighted by Crippen LogP contribution is -2.41. The molecule has 3 N–H and O–H groups in total. The Morgan fingerprint density at radius 1 is 1.29 bits per heavy atom. The molecule has 0 bridgehead atoms. The Bertz CT molecular complexity index is 964. The topological polar surface area (TPSA) is 72.9 Å². The standard InChI is InChI=1S/C19H19F3N4OS/c1-26-15(7-8-24-26)16-5-6-17(28-16)18(27)25-14(11-23)10-12-3-2-4-13(9-12)19(20,21)22/h2-9,14H,10-11,23H2,1H3,(H,25,27). The third-order valence-electron chi connectivity index (χ3n) is 4.26. The number of carbonyl (C=O) groups is 1. The number of amides is 1. The Morgan fingerprint density at radius 3 is 2.71 bits per heavy atom. The van der Waals surface area contributed by atoms with E-state index in [-0.39, 0.29) is 18.9 Å². The first-order valence-corrected chi connectivity index (χ1v) is 9.35. The lowest BCUT2D eigenvalue weighted by molar-refractivity contribution is -0.137. The first-order chi connectivity index (χ1) is 13.3. The van der Waals surface area contributed by atoms with Crippen LogP contribution in [0.25, 0.3) is 10.6 Å². The normalized spacial score (nSPS) is 12.8. The van der Waals surface area contributed by atoms with Crippen LogP contribution in [0.15, 0.2) is 48.7 Å². The summed E-state index contributed by atoms with van der Waals surface area (Å²) in [6, 6.07) is 9.97. The van der Waals surface area contributed by atoms with E-state index in [1.165, 1.54) is 17.4 Å². The van der Waals surface area contributed by atoms with Gasteiger partial charge in [-0.1, -0.05) is 18.2 Å². The van der Waals surface area contributed by atoms with Gasteiger partial charge in [0, 0.05) is 25.8 Å². The van der Waals surface area contributed by atoms with Crippen molar-refractivity contribution in [3.05, 3.63) is 64.7 Å². The predicted octanol–water partition coefficient (Wildman–Crippen LogP) is 3.47. The predicted molar refractivity (Wildman–Crippen MR) is 102 cm³/mol. The van der Waals surface area contributed by atoms with Crippen molar-refractivity contribution in [2.45, 2.75) is 18.6 Å². The Hall–Kier alpha value is -2.65. The quantitative estimate of drug-likeness (QED) is 0.656. The number of nitrogens with zero attached hydrogens (tertiary/aromatic N) is 2. The molecule has 0 aliphatic rings. The van der Waals surface area contributed by atoms with E-state index in [1.54, 1.807) is 23.0 Å². The molecule has 0 spiro atoms. The summed E-state index contributed by atoms with van der Waals surface area (Å²) in [5.74, 6) is -0.305. The number of carbonyl (C=O) groups excluding carboxylic acids is 1. The third kappa shape index (κ3) is 4.60. The summed E-state index contributed by atoms with van der Waals surface area (Å²) in [5.41, 5.74) is 6.37. The van der Waals surface area contributed by atoms with Crippen molar-refractivity contribution in [1.82, 2.24) is 15.1 Å². The SMILES string of the molecule is Cn1nccc1-c1ccc(C(=O)NC(CN)Cc2cccc(C(F)(F)F)c2)s1. The van der Waals surface area contributed by atoms with Crippen molar-refractivity contribution < 1.29 is 18.0 Å². The lowest BCUT2D eigenvalue weighted by Gasteiger charge is -2.17. The zero-order chi connectivity index (χ0) is 20.3. The molecule has 1 aromatic carbocycles. The number of benzene rings is 1. The van der Waals surface area contributed by atoms with Crippen molar-refractivity contribution in [3.8, 4) is 10.6 Å². The van der Waals surface area contributed by atoms with Crippen LogP contribution in [0.4, 0.5) is 13.2 Å². The molecule has 148 valence electrons. The molecule has 0 fully saturated rings. The molecular formula is C19H19F3N4OS. The molecule has 28 heavy (non-hydrogen) atoms. The van der Waals surface area contributed by atoms with Gasteiger partial charge in [-0.05, 0) is 36.2 Å². The van der Waals surface area contributed by atoms with Gasteiger partial charge in [-0.25, -0.2) is 0 Å². The van der Waals surface area contributed by atoms with Gasteiger partial charge in [0.25, 0.3) is 5.91 Å². The van der Waals surface area contributed by atoms with E-state index in [0.717, 1.165) is 22.7 Å². The van der Waals surface area contributed by atoms with Crippen LogP contribution >= 0.6 is 11.3 Å². The minimum atomic E-state index is -4.41. The maximum Gasteiger partial charge on any atom is 0.416 e. The molecule has 2 aromatic heterocycles. The number of alkyl halides is 3. The van der Waals surface area contributed by atoms with Crippen molar-refractivity contribution in [1.29, 1.82) is 0 Å². The molecule has 0 aliphatic heterocycles. The highest BCUT2D eigenvalue weighted by atomic mass is 32.1. The van der Waals surface area contributed by atoms with Crippen LogP contribution in [0.3, 0.4) is 0 Å². The largest absolute Gasteiger partial charge is 0.416 e. The van der Waals surface area contributed by atoms with E-state index >= 15 is 0 Å². The van der Waals surface area contributed by atoms with Gasteiger partial charge in [0.1, 0.15) is 0 Å². The Morgan fingerprint density at radius 2 is 2.07 bits per heavy atom. The van der Waals surface area contributed by atoms with Crippen LogP contribution in [-0.4, -0.2) is 28.3 Å². The fourth-order valence-electron chi connectivity index (χ4n) is 2.82. The highest BCUT2D eigenvalue weighted by Crippen LogP contribution is 2.30. The molecule has 3 aromatic rings. The molecule has 9 heteroatoms. The fraction of sp³-hybridized carbons (Fsp3) is 0.263. The number of aryl methyl sites for hydroxylation is 1. The van der Waals surface area contributed by atoms with Crippen molar-refractivity contribution >= 4 is 17.2 Å². The summed E-state index contributed by atoms with van der Waals surface area (Å²) in [6.45, 7) is 0.113. The summed E-state index contributed by atoms with van der Waals surface area (Å²) in [5, 5.41) is 6.91. The van der Waals surface area contributed by atoms with Gasteiger partial charge in [0.15, 0.2) is 0 Å². The minimum absolute atomic E-state index is 0.113. The second-order valence-corrected chi connectivity index (χ2v) is 7.40. The van der Waals surface area contributed by atoms with Crippen molar-refractivity contribution in [2.24, 2.45) is 12.8 Å². The van der Waals surface area contributed by atoms with Crippen LogP contribution in [0.5, 0.6) is 0 Å². The monoisotopic (exact) mass is 408 g/mol. The molecule has 5 nitrogen and oxygen atoms in total. The average Bonchev–Trinajstić information content (AvgIpc) is 3.29. The fourth-order valence-corrected chi connectivity index (χ4v) is 3.79. The van der Waals surface area contributed by atoms with Crippen LogP contribution in [0.2, 0.25) is 0 Å². The first-order valence-electron chi connectivity index (χ1n) is 8.53. The second-order valence-electron chi connectivity index (χ2n) is 6.31. The van der Waals surface area contributed by atoms with Gasteiger partial charge in [-0.3, -0.25) is 9.48 Å². The molecule has 0 saturated carbocycles. The zero-order valence-corrected chi connectivity index (χ0v) is 15.8. The van der Waals surface area contributed by atoms with E-state index in [1.807, 2.05) is 19.2 Å². The van der Waals surface area contributed by atoms with E-state index in [9.17, 15) is 18.0 Å². The number of hydrogen-bond donors (Lipinski definition) is 2. The first kappa shape index (κ1) is 20.1. The number of nitrogens with two attached hydrogens (primary N) is 1. The number of hydrogen-bond acceptors (Lipinski definition) is 4. The Labute approximate surface area is 164 Å². The van der Waals surface area contributed by atoms with Crippen molar-refractivity contribution in [3.63, 3.8) is 0 Å². The molecule has 1 atom stereocenters. The van der Waals surface area contributed by atoms with Crippen LogP contribution in [-0.2, 0) is 19.6 Å². The summed E-state index contributed by atoms with van der Waals surface area (Å²) in [6.07, 6.45) is -2.52. The molecular weight excluding hydrogens is 389 g/mol. The minimum Gasteiger partial charge on any atom is -0.347 e. The molecule has 2 heterocycles. The molecule has 0 aliphatic carbocycles. The summed E-state index contributed by atoms with van der Waals surface area (Å²) in [7, 11) is 1.81. The molecule has 3 rings (SSSR count). The second kappa shape index (κ2) is 8.15. The summed E-state index contributed by atoms with van der Waals surface area (Å²) >= 11 is 1.32. The van der Waals surface area contributed by atoms with E-state index in [0.29, 0.717) is 10.4 Å². The molecule has 0 radical (unpaired) electrons. The lowest BCUT2D eigenvalue weighted by atomic mass is 10.0. The number of rotatable bonds is 6. The van der Waals surface area contributed by atoms with Gasteiger partial charge < -0.3 is 11.1 Å². The Kier molecular flexibility index (Phi) is 5.85. The van der Waals surface area contributed by atoms with E-state index in [4.69, 9.17) is 5.73 Å². The highest BCUT2D eigenvalue weighted by molar-refractivity contribution is 7.17. The van der Waals surface area contributed by atoms with E-state index < -0.39 is 17.8 Å². The average molecular weight is 408 g/mol. The van der Waals surface area contributed by atoms with Gasteiger partial charge >= 0.3 is 6.18 Å². The third-order valence-corrected chi connectivity index (χ3v) is 5.37. The maximum atomic E-state index is 12.9. The number of nitrogens with one attached hydrogen (secondary N) is 1. The van der Waals surface area contributed by atoms with E-state index in [2.05, 4.69) is 10.4 Å². The van der Waals surface area contributed by atoms with Crippen LogP contribution in [0.1, 0.15) is 20.8 Å². The van der Waals surface area contributed by atoms with Gasteiger partial charge in [-0.15, -0.1) is 11.3 Å². The molecule has 1 amide bonds. The smallest absolute Gasteiger partial charge is 0.347 e. The Balaban J connectivity index is 1.69. The van der Waals surface area contributed by atoms with Gasteiger partial charge in [-0.2, -0.15) is 18.3 Å². The molecule has 1 unspecified atom stereocenters. The van der Waals surface area contributed by atoms with Crippen molar-refractivity contribution in [2.75, 3.05) is 6.54 Å².